The second-order valence-corrected chi connectivity index (χ2v) is 6.56. The Morgan fingerprint density at radius 3 is 2.76 bits per heavy atom. The van der Waals surface area contributed by atoms with Crippen molar-refractivity contribution in [3.05, 3.63) is 35.8 Å². The highest BCUT2D eigenvalue weighted by Gasteiger charge is 2.26. The van der Waals surface area contributed by atoms with Crippen LogP contribution in [0.1, 0.15) is 30.4 Å². The van der Waals surface area contributed by atoms with Crippen LogP contribution in [-0.2, 0) is 13.6 Å². The highest BCUT2D eigenvalue weighted by Crippen LogP contribution is 2.29. The fourth-order valence-corrected chi connectivity index (χ4v) is 3.32. The molecule has 25 heavy (non-hydrogen) atoms. The molecule has 2 aromatic heterocycles. The topological polar surface area (TPSA) is 70.3 Å². The van der Waals surface area contributed by atoms with E-state index in [1.807, 2.05) is 23.9 Å². The number of halogens is 1. The van der Waals surface area contributed by atoms with Crippen LogP contribution in [0.25, 0.3) is 0 Å². The van der Waals surface area contributed by atoms with E-state index >= 15 is 0 Å². The number of aliphatic hydroxyl groups excluding tert-OH is 1. The number of anilines is 1. The van der Waals surface area contributed by atoms with Crippen molar-refractivity contribution in [2.24, 2.45) is 7.05 Å². The van der Waals surface area contributed by atoms with Gasteiger partial charge in [-0.1, -0.05) is 0 Å². The van der Waals surface area contributed by atoms with Crippen LogP contribution in [0, 0.1) is 5.82 Å². The van der Waals surface area contributed by atoms with Gasteiger partial charge in [-0.25, -0.2) is 9.37 Å². The Balaban J connectivity index is 1.63. The lowest BCUT2D eigenvalue weighted by molar-refractivity contribution is 0.213. The zero-order chi connectivity index (χ0) is 17.8. The minimum atomic E-state index is -0.270. The molecule has 1 aliphatic rings. The van der Waals surface area contributed by atoms with Crippen LogP contribution < -0.4 is 4.90 Å². The molecule has 0 radical (unpaired) electrons. The number of rotatable bonds is 6. The van der Waals surface area contributed by atoms with Crippen molar-refractivity contribution in [3.63, 3.8) is 0 Å². The van der Waals surface area contributed by atoms with Gasteiger partial charge in [0.25, 0.3) is 0 Å². The predicted octanol–water partition coefficient (Wildman–Crippen LogP) is 1.16. The van der Waals surface area contributed by atoms with Crippen LogP contribution in [0.2, 0.25) is 0 Å². The number of aromatic nitrogens is 4. The maximum Gasteiger partial charge on any atom is 0.165 e. The average molecular weight is 348 g/mol. The van der Waals surface area contributed by atoms with Crippen molar-refractivity contribution < 1.29 is 9.50 Å². The number of aliphatic hydroxyl groups is 1. The van der Waals surface area contributed by atoms with Crippen molar-refractivity contribution in [1.29, 1.82) is 0 Å². The van der Waals surface area contributed by atoms with E-state index in [1.54, 1.807) is 12.3 Å². The largest absolute Gasteiger partial charge is 0.395 e. The molecular formula is C17H25FN6O. The molecule has 0 aliphatic carbocycles. The molecule has 0 atom stereocenters. The molecule has 1 N–H and O–H groups in total. The molecule has 1 saturated heterocycles. The summed E-state index contributed by atoms with van der Waals surface area (Å²) >= 11 is 0. The van der Waals surface area contributed by atoms with Crippen LogP contribution in [-0.4, -0.2) is 63.0 Å². The van der Waals surface area contributed by atoms with Crippen molar-refractivity contribution in [2.75, 3.05) is 38.2 Å². The van der Waals surface area contributed by atoms with Gasteiger partial charge in [-0.2, -0.15) is 0 Å². The molecule has 0 aromatic carbocycles. The standard InChI is InChI=1S/C17H25FN6O/c1-22(10-11-25)12-15-20-21-16(23(15)2)13-5-8-24(9-6-13)17-14(18)4-3-7-19-17/h3-4,7,13,25H,5-6,8-12H2,1-2H3. The molecule has 3 rings (SSSR count). The number of likely N-dealkylation sites (N-methyl/N-ethyl adjacent to an activating group) is 1. The molecule has 1 fully saturated rings. The van der Waals surface area contributed by atoms with Crippen LogP contribution in [0.15, 0.2) is 18.3 Å². The maximum absolute atomic E-state index is 13.9. The Kier molecular flexibility index (Phi) is 5.60. The lowest BCUT2D eigenvalue weighted by Gasteiger charge is -2.32. The first-order valence-electron chi connectivity index (χ1n) is 8.63. The molecule has 136 valence electrons. The summed E-state index contributed by atoms with van der Waals surface area (Å²) in [6, 6.07) is 3.06. The summed E-state index contributed by atoms with van der Waals surface area (Å²) in [6.45, 7) is 2.90. The Bertz CT molecular complexity index is 698. The summed E-state index contributed by atoms with van der Waals surface area (Å²) in [5.74, 6) is 2.36. The van der Waals surface area contributed by atoms with Gasteiger partial charge in [0.2, 0.25) is 0 Å². The van der Waals surface area contributed by atoms with E-state index in [0.29, 0.717) is 24.8 Å². The van der Waals surface area contributed by atoms with Gasteiger partial charge >= 0.3 is 0 Å². The van der Waals surface area contributed by atoms with Crippen molar-refractivity contribution in [2.45, 2.75) is 25.3 Å². The number of hydrogen-bond donors (Lipinski definition) is 1. The van der Waals surface area contributed by atoms with E-state index in [2.05, 4.69) is 19.7 Å². The van der Waals surface area contributed by atoms with Crippen LogP contribution >= 0.6 is 0 Å². The Morgan fingerprint density at radius 1 is 1.32 bits per heavy atom. The van der Waals surface area contributed by atoms with Gasteiger partial charge in [0.1, 0.15) is 11.6 Å². The van der Waals surface area contributed by atoms with E-state index < -0.39 is 0 Å². The van der Waals surface area contributed by atoms with E-state index in [9.17, 15) is 4.39 Å². The van der Waals surface area contributed by atoms with E-state index in [1.165, 1.54) is 6.07 Å². The van der Waals surface area contributed by atoms with Gasteiger partial charge in [0, 0.05) is 38.8 Å². The quantitative estimate of drug-likeness (QED) is 0.845. The second kappa shape index (κ2) is 7.88. The van der Waals surface area contributed by atoms with Gasteiger partial charge in [-0.3, -0.25) is 4.90 Å². The molecule has 0 amide bonds. The van der Waals surface area contributed by atoms with Crippen LogP contribution in [0.4, 0.5) is 10.2 Å². The highest BCUT2D eigenvalue weighted by molar-refractivity contribution is 5.40. The molecule has 0 bridgehead atoms. The fraction of sp³-hybridized carbons (Fsp3) is 0.588. The number of pyridine rings is 1. The minimum absolute atomic E-state index is 0.129. The molecule has 8 heteroatoms. The third-order valence-corrected chi connectivity index (χ3v) is 4.79. The summed E-state index contributed by atoms with van der Waals surface area (Å²) in [5.41, 5.74) is 0. The highest BCUT2D eigenvalue weighted by atomic mass is 19.1. The molecule has 2 aromatic rings. The Morgan fingerprint density at radius 2 is 2.08 bits per heavy atom. The van der Waals surface area contributed by atoms with Gasteiger partial charge in [-0.05, 0) is 32.0 Å². The van der Waals surface area contributed by atoms with E-state index in [-0.39, 0.29) is 12.4 Å². The smallest absolute Gasteiger partial charge is 0.165 e. The average Bonchev–Trinajstić information content (AvgIpc) is 2.96. The van der Waals surface area contributed by atoms with Crippen molar-refractivity contribution >= 4 is 5.82 Å². The van der Waals surface area contributed by atoms with E-state index in [4.69, 9.17) is 5.11 Å². The first kappa shape index (κ1) is 17.8. The van der Waals surface area contributed by atoms with Crippen molar-refractivity contribution in [1.82, 2.24) is 24.6 Å². The van der Waals surface area contributed by atoms with Gasteiger partial charge in [-0.15, -0.1) is 10.2 Å². The monoisotopic (exact) mass is 348 g/mol. The summed E-state index contributed by atoms with van der Waals surface area (Å²) < 4.78 is 15.9. The van der Waals surface area contributed by atoms with Crippen LogP contribution in [0.5, 0.6) is 0 Å². The first-order chi connectivity index (χ1) is 12.1. The lowest BCUT2D eigenvalue weighted by Crippen LogP contribution is -2.34. The molecule has 0 saturated carbocycles. The molecular weight excluding hydrogens is 323 g/mol. The third kappa shape index (κ3) is 3.96. The zero-order valence-electron chi connectivity index (χ0n) is 14.8. The SMILES string of the molecule is CN(CCO)Cc1nnc(C2CCN(c3ncccc3F)CC2)n1C. The normalized spacial score (nSPS) is 16.0. The first-order valence-corrected chi connectivity index (χ1v) is 8.63. The van der Waals surface area contributed by atoms with Gasteiger partial charge in [0.15, 0.2) is 11.6 Å². The van der Waals surface area contributed by atoms with Crippen molar-refractivity contribution in [3.8, 4) is 0 Å². The zero-order valence-corrected chi connectivity index (χ0v) is 14.8. The van der Waals surface area contributed by atoms with E-state index in [0.717, 1.165) is 37.6 Å². The third-order valence-electron chi connectivity index (χ3n) is 4.79. The Labute approximate surface area is 147 Å². The maximum atomic E-state index is 13.9. The molecule has 3 heterocycles. The molecule has 0 spiro atoms. The molecule has 1 aliphatic heterocycles. The Hall–Kier alpha value is -2.06. The molecule has 7 nitrogen and oxygen atoms in total. The van der Waals surface area contributed by atoms with Gasteiger partial charge in [0.05, 0.1) is 13.2 Å². The fourth-order valence-electron chi connectivity index (χ4n) is 3.32. The number of piperidine rings is 1. The summed E-state index contributed by atoms with van der Waals surface area (Å²) in [4.78, 5) is 8.18. The number of hydrogen-bond acceptors (Lipinski definition) is 6. The van der Waals surface area contributed by atoms with Crippen LogP contribution in [0.3, 0.4) is 0 Å². The minimum Gasteiger partial charge on any atom is -0.395 e. The summed E-state index contributed by atoms with van der Waals surface area (Å²) in [7, 11) is 3.94. The second-order valence-electron chi connectivity index (χ2n) is 6.56. The molecule has 0 unspecified atom stereocenters. The number of nitrogens with zero attached hydrogens (tertiary/aromatic N) is 6. The summed E-state index contributed by atoms with van der Waals surface area (Å²) in [5, 5.41) is 17.7. The predicted molar refractivity (Wildman–Crippen MR) is 92.8 cm³/mol. The lowest BCUT2D eigenvalue weighted by atomic mass is 9.96. The summed E-state index contributed by atoms with van der Waals surface area (Å²) in [6.07, 6.45) is 3.42. The van der Waals surface area contributed by atoms with Gasteiger partial charge < -0.3 is 14.6 Å².